The lowest BCUT2D eigenvalue weighted by Crippen LogP contribution is -2.30. The molecule has 1 aromatic carbocycles. The molecule has 0 unspecified atom stereocenters. The van der Waals surface area contributed by atoms with Crippen LogP contribution in [0.15, 0.2) is 30.3 Å². The first-order valence-corrected chi connectivity index (χ1v) is 6.56. The standard InChI is InChI=1S/C14H15N2OS/c1-9(2)15-14(17)12-13(18-10(3)16-12)11-7-5-4-6-8-11/h4-9H,1H2,2-3H3,(H,15,17)/t9-/m1/s1. The molecule has 1 atom stereocenters. The number of carbonyl (C=O) groups excluding carboxylic acids is 1. The van der Waals surface area contributed by atoms with Crippen LogP contribution in [0.3, 0.4) is 0 Å². The molecule has 0 saturated heterocycles. The van der Waals surface area contributed by atoms with Gasteiger partial charge in [-0.1, -0.05) is 30.3 Å². The molecule has 2 rings (SSSR count). The molecule has 1 amide bonds. The van der Waals surface area contributed by atoms with Gasteiger partial charge in [0.15, 0.2) is 0 Å². The molecule has 93 valence electrons. The third kappa shape index (κ3) is 2.76. The molecule has 18 heavy (non-hydrogen) atoms. The zero-order chi connectivity index (χ0) is 13.1. The van der Waals surface area contributed by atoms with Crippen molar-refractivity contribution in [1.29, 1.82) is 0 Å². The minimum Gasteiger partial charge on any atom is -0.348 e. The number of nitrogens with one attached hydrogen (secondary N) is 1. The highest BCUT2D eigenvalue weighted by molar-refractivity contribution is 7.15. The van der Waals surface area contributed by atoms with Gasteiger partial charge in [-0.2, -0.15) is 0 Å². The van der Waals surface area contributed by atoms with Gasteiger partial charge in [0.25, 0.3) is 5.91 Å². The van der Waals surface area contributed by atoms with E-state index in [1.54, 1.807) is 0 Å². The minimum absolute atomic E-state index is 0.136. The summed E-state index contributed by atoms with van der Waals surface area (Å²) in [6.07, 6.45) is 0. The van der Waals surface area contributed by atoms with E-state index < -0.39 is 0 Å². The summed E-state index contributed by atoms with van der Waals surface area (Å²) in [6.45, 7) is 7.49. The normalized spacial score (nSPS) is 10.7. The minimum atomic E-state index is -0.166. The van der Waals surface area contributed by atoms with Gasteiger partial charge in [0.05, 0.1) is 9.88 Å². The Morgan fingerprint density at radius 1 is 1.39 bits per heavy atom. The first kappa shape index (κ1) is 12.8. The van der Waals surface area contributed by atoms with E-state index >= 15 is 0 Å². The van der Waals surface area contributed by atoms with Crippen LogP contribution >= 0.6 is 11.3 Å². The van der Waals surface area contributed by atoms with E-state index in [1.807, 2.05) is 44.2 Å². The van der Waals surface area contributed by atoms with Gasteiger partial charge in [-0.15, -0.1) is 11.3 Å². The molecule has 0 bridgehead atoms. The van der Waals surface area contributed by atoms with Crippen LogP contribution in [0, 0.1) is 13.8 Å². The summed E-state index contributed by atoms with van der Waals surface area (Å²) in [6, 6.07) is 9.69. The van der Waals surface area contributed by atoms with Crippen LogP contribution in [0.1, 0.15) is 22.4 Å². The molecule has 2 aromatic rings. The molecule has 0 fully saturated rings. The highest BCUT2D eigenvalue weighted by Gasteiger charge is 2.18. The number of amides is 1. The molecule has 0 aliphatic rings. The molecular formula is C14H15N2OS. The highest BCUT2D eigenvalue weighted by Crippen LogP contribution is 2.29. The van der Waals surface area contributed by atoms with Crippen LogP contribution in [-0.2, 0) is 0 Å². The Kier molecular flexibility index (Phi) is 3.77. The Balaban J connectivity index is 2.40. The largest absolute Gasteiger partial charge is 0.348 e. The van der Waals surface area contributed by atoms with Gasteiger partial charge in [-0.05, 0) is 26.3 Å². The number of nitrogens with zero attached hydrogens (tertiary/aromatic N) is 1. The van der Waals surface area contributed by atoms with Gasteiger partial charge in [-0.25, -0.2) is 4.98 Å². The Labute approximate surface area is 111 Å². The fourth-order valence-electron chi connectivity index (χ4n) is 1.66. The predicted molar refractivity (Wildman–Crippen MR) is 74.6 cm³/mol. The molecule has 3 nitrogen and oxygen atoms in total. The van der Waals surface area contributed by atoms with Gasteiger partial charge in [0.2, 0.25) is 0 Å². The van der Waals surface area contributed by atoms with Crippen molar-refractivity contribution in [2.24, 2.45) is 0 Å². The molecule has 0 saturated carbocycles. The van der Waals surface area contributed by atoms with E-state index in [1.165, 1.54) is 11.3 Å². The van der Waals surface area contributed by atoms with Gasteiger partial charge >= 0.3 is 0 Å². The summed E-state index contributed by atoms with van der Waals surface area (Å²) in [5, 5.41) is 3.66. The molecule has 1 radical (unpaired) electrons. The van der Waals surface area contributed by atoms with E-state index in [9.17, 15) is 4.79 Å². The quantitative estimate of drug-likeness (QED) is 0.920. The van der Waals surface area contributed by atoms with Crippen LogP contribution < -0.4 is 5.32 Å². The summed E-state index contributed by atoms with van der Waals surface area (Å²) in [5.74, 6) is -0.166. The number of benzene rings is 1. The topological polar surface area (TPSA) is 42.0 Å². The maximum Gasteiger partial charge on any atom is 0.271 e. The number of thiazole rings is 1. The molecule has 4 heteroatoms. The third-order valence-electron chi connectivity index (χ3n) is 2.36. The van der Waals surface area contributed by atoms with E-state index in [0.29, 0.717) is 5.69 Å². The summed E-state index contributed by atoms with van der Waals surface area (Å²) in [4.78, 5) is 17.3. The number of hydrogen-bond donors (Lipinski definition) is 1. The maximum atomic E-state index is 12.1. The lowest BCUT2D eigenvalue weighted by molar-refractivity contribution is 0.0943. The van der Waals surface area contributed by atoms with Crippen molar-refractivity contribution in [3.8, 4) is 10.4 Å². The second kappa shape index (κ2) is 5.31. The van der Waals surface area contributed by atoms with Gasteiger partial charge in [-0.3, -0.25) is 4.79 Å². The predicted octanol–water partition coefficient (Wildman–Crippen LogP) is 3.07. The van der Waals surface area contributed by atoms with Crippen LogP contribution in [0.2, 0.25) is 0 Å². The average molecular weight is 259 g/mol. The third-order valence-corrected chi connectivity index (χ3v) is 3.38. The van der Waals surface area contributed by atoms with Crippen LogP contribution in [-0.4, -0.2) is 16.9 Å². The first-order valence-electron chi connectivity index (χ1n) is 5.74. The summed E-state index contributed by atoms with van der Waals surface area (Å²) < 4.78 is 0. The SMILES string of the molecule is [CH2][C@H](C)NC(=O)c1nc(C)sc1-c1ccccc1. The molecule has 0 aliphatic heterocycles. The Hall–Kier alpha value is -1.68. The second-order valence-electron chi connectivity index (χ2n) is 4.15. The van der Waals surface area contributed by atoms with Crippen LogP contribution in [0.25, 0.3) is 10.4 Å². The summed E-state index contributed by atoms with van der Waals surface area (Å²) in [5.41, 5.74) is 1.50. The zero-order valence-corrected chi connectivity index (χ0v) is 11.3. The lowest BCUT2D eigenvalue weighted by atomic mass is 10.1. The van der Waals surface area contributed by atoms with E-state index in [2.05, 4.69) is 17.2 Å². The van der Waals surface area contributed by atoms with Crippen LogP contribution in [0.4, 0.5) is 0 Å². The average Bonchev–Trinajstić information content (AvgIpc) is 2.72. The first-order chi connectivity index (χ1) is 8.58. The smallest absolute Gasteiger partial charge is 0.271 e. The fraction of sp³-hybridized carbons (Fsp3) is 0.214. The van der Waals surface area contributed by atoms with Crippen molar-refractivity contribution in [1.82, 2.24) is 10.3 Å². The number of hydrogen-bond acceptors (Lipinski definition) is 3. The number of carbonyl (C=O) groups is 1. The monoisotopic (exact) mass is 259 g/mol. The molecule has 1 N–H and O–H groups in total. The van der Waals surface area contributed by atoms with Crippen molar-refractivity contribution in [3.63, 3.8) is 0 Å². The van der Waals surface area contributed by atoms with Crippen molar-refractivity contribution in [2.75, 3.05) is 0 Å². The molecule has 1 heterocycles. The van der Waals surface area contributed by atoms with E-state index in [4.69, 9.17) is 0 Å². The van der Waals surface area contributed by atoms with E-state index in [-0.39, 0.29) is 11.9 Å². The van der Waals surface area contributed by atoms with Crippen molar-refractivity contribution < 1.29 is 4.79 Å². The fourth-order valence-corrected chi connectivity index (χ4v) is 2.58. The molecular weight excluding hydrogens is 244 g/mol. The Morgan fingerprint density at radius 3 is 2.67 bits per heavy atom. The second-order valence-corrected chi connectivity index (χ2v) is 5.35. The number of aromatic nitrogens is 1. The maximum absolute atomic E-state index is 12.1. The molecule has 0 aliphatic carbocycles. The van der Waals surface area contributed by atoms with Crippen LogP contribution in [0.5, 0.6) is 0 Å². The molecule has 0 spiro atoms. The number of rotatable bonds is 3. The van der Waals surface area contributed by atoms with Crippen molar-refractivity contribution in [2.45, 2.75) is 19.9 Å². The van der Waals surface area contributed by atoms with E-state index in [0.717, 1.165) is 15.4 Å². The summed E-state index contributed by atoms with van der Waals surface area (Å²) >= 11 is 1.53. The van der Waals surface area contributed by atoms with Crippen molar-refractivity contribution >= 4 is 17.2 Å². The highest BCUT2D eigenvalue weighted by atomic mass is 32.1. The summed E-state index contributed by atoms with van der Waals surface area (Å²) in [7, 11) is 0. The Morgan fingerprint density at radius 2 is 2.06 bits per heavy atom. The van der Waals surface area contributed by atoms with Gasteiger partial charge in [0.1, 0.15) is 5.69 Å². The lowest BCUT2D eigenvalue weighted by Gasteiger charge is -2.07. The Bertz CT molecular complexity index is 546. The number of aryl methyl sites for hydroxylation is 1. The molecule has 1 aromatic heterocycles. The van der Waals surface area contributed by atoms with Gasteiger partial charge in [0, 0.05) is 6.04 Å². The van der Waals surface area contributed by atoms with Crippen molar-refractivity contribution in [3.05, 3.63) is 48.0 Å². The van der Waals surface area contributed by atoms with Gasteiger partial charge < -0.3 is 5.32 Å². The zero-order valence-electron chi connectivity index (χ0n) is 10.4.